The van der Waals surface area contributed by atoms with E-state index in [2.05, 4.69) is 0 Å². The van der Waals surface area contributed by atoms with Gasteiger partial charge in [-0.05, 0) is 35.4 Å². The van der Waals surface area contributed by atoms with Crippen LogP contribution in [-0.2, 0) is 32.5 Å². The Kier molecular flexibility index (Phi) is 5.81. The fraction of sp³-hybridized carbons (Fsp3) is 0.300. The van der Waals surface area contributed by atoms with Crippen LogP contribution in [0.2, 0.25) is 0 Å². The molecular formula is C20H21NO6S. The first-order valence-electron chi connectivity index (χ1n) is 8.67. The maximum absolute atomic E-state index is 12.6. The number of fused-ring (bicyclic) bond motifs is 1. The molecule has 1 aliphatic rings. The van der Waals surface area contributed by atoms with Gasteiger partial charge in [-0.25, -0.2) is 8.42 Å². The van der Waals surface area contributed by atoms with Crippen LogP contribution in [0, 0.1) is 0 Å². The highest BCUT2D eigenvalue weighted by Crippen LogP contribution is 2.26. The van der Waals surface area contributed by atoms with Crippen molar-refractivity contribution in [1.29, 1.82) is 0 Å². The molecule has 0 amide bonds. The minimum atomic E-state index is -3.63. The number of esters is 1. The molecule has 2 aromatic rings. The normalized spacial score (nSPS) is 16.9. The van der Waals surface area contributed by atoms with Gasteiger partial charge in [0.2, 0.25) is 10.0 Å². The van der Waals surface area contributed by atoms with Crippen molar-refractivity contribution >= 4 is 21.8 Å². The van der Waals surface area contributed by atoms with Crippen molar-refractivity contribution in [3.8, 4) is 5.75 Å². The lowest BCUT2D eigenvalue weighted by atomic mass is 9.96. The fourth-order valence-electron chi connectivity index (χ4n) is 3.14. The number of hydrogen-bond acceptors (Lipinski definition) is 6. The number of benzene rings is 2. The first kappa shape index (κ1) is 20.0. The maximum atomic E-state index is 12.6. The maximum Gasteiger partial charge on any atom is 0.325 e. The van der Waals surface area contributed by atoms with Gasteiger partial charge in [0, 0.05) is 18.5 Å². The molecule has 0 N–H and O–H groups in total. The van der Waals surface area contributed by atoms with Crippen LogP contribution in [0.5, 0.6) is 5.75 Å². The van der Waals surface area contributed by atoms with Gasteiger partial charge in [-0.2, -0.15) is 4.31 Å². The van der Waals surface area contributed by atoms with E-state index in [0.29, 0.717) is 11.3 Å². The molecule has 2 aromatic carbocycles. The minimum absolute atomic E-state index is 0.0984. The van der Waals surface area contributed by atoms with Crippen LogP contribution in [0.15, 0.2) is 48.5 Å². The minimum Gasteiger partial charge on any atom is -0.497 e. The SMILES string of the molecule is COc1ccc(C(=O)COC(=O)C2Cc3ccccc3CN2S(C)(=O)=O)cc1. The highest BCUT2D eigenvalue weighted by Gasteiger charge is 2.38. The van der Waals surface area contributed by atoms with Gasteiger partial charge in [0.25, 0.3) is 0 Å². The molecule has 0 bridgehead atoms. The standard InChI is InChI=1S/C20H21NO6S/c1-26-17-9-7-14(8-10-17)19(22)13-27-20(23)18-11-15-5-3-4-6-16(15)12-21(18)28(2,24)25/h3-10,18H,11-13H2,1-2H3. The number of ketones is 1. The topological polar surface area (TPSA) is 90.0 Å². The largest absolute Gasteiger partial charge is 0.497 e. The summed E-state index contributed by atoms with van der Waals surface area (Å²) in [5.74, 6) is -0.502. The second-order valence-corrected chi connectivity index (χ2v) is 8.49. The zero-order valence-electron chi connectivity index (χ0n) is 15.6. The van der Waals surface area contributed by atoms with Crippen LogP contribution in [0.3, 0.4) is 0 Å². The monoisotopic (exact) mass is 403 g/mol. The molecule has 1 unspecified atom stereocenters. The zero-order chi connectivity index (χ0) is 20.3. The van der Waals surface area contributed by atoms with E-state index in [4.69, 9.17) is 9.47 Å². The summed E-state index contributed by atoms with van der Waals surface area (Å²) >= 11 is 0. The molecule has 0 saturated heterocycles. The van der Waals surface area contributed by atoms with E-state index in [9.17, 15) is 18.0 Å². The average Bonchev–Trinajstić information content (AvgIpc) is 2.70. The van der Waals surface area contributed by atoms with Crippen LogP contribution in [0.4, 0.5) is 0 Å². The molecule has 8 heteroatoms. The van der Waals surface area contributed by atoms with Crippen LogP contribution < -0.4 is 4.74 Å². The van der Waals surface area contributed by atoms with Gasteiger partial charge in [0.15, 0.2) is 12.4 Å². The second kappa shape index (κ2) is 8.12. The van der Waals surface area contributed by atoms with Crippen molar-refractivity contribution in [3.05, 3.63) is 65.2 Å². The molecule has 0 fully saturated rings. The second-order valence-electron chi connectivity index (χ2n) is 6.56. The Balaban J connectivity index is 1.71. The number of carbonyl (C=O) groups is 2. The lowest BCUT2D eigenvalue weighted by Crippen LogP contribution is -2.49. The number of nitrogens with zero attached hydrogens (tertiary/aromatic N) is 1. The molecule has 1 atom stereocenters. The lowest BCUT2D eigenvalue weighted by Gasteiger charge is -2.33. The number of ether oxygens (including phenoxy) is 2. The van der Waals surface area contributed by atoms with Gasteiger partial charge in [0.1, 0.15) is 11.8 Å². The molecule has 0 spiro atoms. The van der Waals surface area contributed by atoms with E-state index in [-0.39, 0.29) is 18.7 Å². The van der Waals surface area contributed by atoms with Crippen molar-refractivity contribution in [3.63, 3.8) is 0 Å². The van der Waals surface area contributed by atoms with Crippen molar-refractivity contribution in [1.82, 2.24) is 4.31 Å². The Morgan fingerprint density at radius 1 is 1.07 bits per heavy atom. The third kappa shape index (κ3) is 4.40. The van der Waals surface area contributed by atoms with Crippen molar-refractivity contribution in [2.45, 2.75) is 19.0 Å². The third-order valence-corrected chi connectivity index (χ3v) is 5.90. The van der Waals surface area contributed by atoms with Gasteiger partial charge in [-0.15, -0.1) is 0 Å². The van der Waals surface area contributed by atoms with Crippen molar-refractivity contribution < 1.29 is 27.5 Å². The predicted molar refractivity (Wildman–Crippen MR) is 103 cm³/mol. The van der Waals surface area contributed by atoms with E-state index in [1.165, 1.54) is 7.11 Å². The average molecular weight is 403 g/mol. The van der Waals surface area contributed by atoms with Gasteiger partial charge < -0.3 is 9.47 Å². The van der Waals surface area contributed by atoms with Crippen LogP contribution in [0.1, 0.15) is 21.5 Å². The molecule has 1 heterocycles. The quantitative estimate of drug-likeness (QED) is 0.540. The van der Waals surface area contributed by atoms with E-state index in [1.807, 2.05) is 24.3 Å². The smallest absolute Gasteiger partial charge is 0.325 e. The molecule has 0 aromatic heterocycles. The Hall–Kier alpha value is -2.71. The molecular weight excluding hydrogens is 382 g/mol. The van der Waals surface area contributed by atoms with E-state index in [0.717, 1.165) is 21.7 Å². The Labute approximate surface area is 163 Å². The van der Waals surface area contributed by atoms with Gasteiger partial charge >= 0.3 is 5.97 Å². The summed E-state index contributed by atoms with van der Waals surface area (Å²) in [6.07, 6.45) is 1.27. The molecule has 28 heavy (non-hydrogen) atoms. The lowest BCUT2D eigenvalue weighted by molar-refractivity contribution is -0.147. The summed E-state index contributed by atoms with van der Waals surface area (Å²) in [5, 5.41) is 0. The molecule has 148 valence electrons. The molecule has 0 radical (unpaired) electrons. The summed E-state index contributed by atoms with van der Waals surface area (Å²) in [6.45, 7) is -0.359. The number of hydrogen-bond donors (Lipinski definition) is 0. The van der Waals surface area contributed by atoms with Crippen molar-refractivity contribution in [2.75, 3.05) is 20.0 Å². The Bertz CT molecular complexity index is 984. The third-order valence-electron chi connectivity index (χ3n) is 4.66. The number of Topliss-reactive ketones (excluding diaryl/α,β-unsaturated/α-hetero) is 1. The highest BCUT2D eigenvalue weighted by molar-refractivity contribution is 7.88. The van der Waals surface area contributed by atoms with E-state index in [1.54, 1.807) is 24.3 Å². The molecule has 1 aliphatic heterocycles. The summed E-state index contributed by atoms with van der Waals surface area (Å²) in [5.41, 5.74) is 2.12. The summed E-state index contributed by atoms with van der Waals surface area (Å²) < 4.78 is 35.7. The number of carbonyl (C=O) groups excluding carboxylic acids is 2. The molecule has 3 rings (SSSR count). The van der Waals surface area contributed by atoms with E-state index >= 15 is 0 Å². The summed E-state index contributed by atoms with van der Waals surface area (Å²) in [7, 11) is -2.11. The van der Waals surface area contributed by atoms with Crippen molar-refractivity contribution in [2.24, 2.45) is 0 Å². The number of rotatable bonds is 6. The highest BCUT2D eigenvalue weighted by atomic mass is 32.2. The molecule has 7 nitrogen and oxygen atoms in total. The van der Waals surface area contributed by atoms with Crippen LogP contribution in [-0.4, -0.2) is 50.5 Å². The van der Waals surface area contributed by atoms with Gasteiger partial charge in [-0.3, -0.25) is 9.59 Å². The first-order chi connectivity index (χ1) is 13.3. The van der Waals surface area contributed by atoms with E-state index < -0.39 is 28.6 Å². The molecule has 0 saturated carbocycles. The first-order valence-corrected chi connectivity index (χ1v) is 10.5. The predicted octanol–water partition coefficient (Wildman–Crippen LogP) is 1.81. The van der Waals surface area contributed by atoms with Crippen LogP contribution >= 0.6 is 0 Å². The zero-order valence-corrected chi connectivity index (χ0v) is 16.4. The molecule has 0 aliphatic carbocycles. The number of sulfonamides is 1. The van der Waals surface area contributed by atoms with Crippen LogP contribution in [0.25, 0.3) is 0 Å². The summed E-state index contributed by atoms with van der Waals surface area (Å²) in [4.78, 5) is 24.9. The Morgan fingerprint density at radius 3 is 2.32 bits per heavy atom. The Morgan fingerprint density at radius 2 is 1.71 bits per heavy atom. The number of methoxy groups -OCH3 is 1. The van der Waals surface area contributed by atoms with Gasteiger partial charge in [0.05, 0.1) is 13.4 Å². The summed E-state index contributed by atoms with van der Waals surface area (Å²) in [6, 6.07) is 12.8. The fourth-order valence-corrected chi connectivity index (χ4v) is 4.14. The van der Waals surface area contributed by atoms with Gasteiger partial charge in [-0.1, -0.05) is 24.3 Å².